The van der Waals surface area contributed by atoms with Crippen LogP contribution in [0.5, 0.6) is 0 Å². The summed E-state index contributed by atoms with van der Waals surface area (Å²) in [4.78, 5) is 6.33. The molecule has 0 aromatic heterocycles. The van der Waals surface area contributed by atoms with Crippen molar-refractivity contribution in [3.63, 3.8) is 0 Å². The van der Waals surface area contributed by atoms with Crippen molar-refractivity contribution in [2.45, 2.75) is 6.92 Å². The minimum absolute atomic E-state index is 0.564. The molecule has 1 saturated heterocycles. The molecule has 5 heteroatoms. The van der Waals surface area contributed by atoms with Crippen molar-refractivity contribution in [1.82, 2.24) is 10.2 Å². The topological polar surface area (TPSA) is 53.6 Å². The van der Waals surface area contributed by atoms with Gasteiger partial charge in [0.2, 0.25) is 0 Å². The number of allylic oxidation sites excluding steroid dienone is 1. The van der Waals surface area contributed by atoms with E-state index in [0.29, 0.717) is 10.7 Å². The van der Waals surface area contributed by atoms with E-state index < -0.39 is 0 Å². The van der Waals surface area contributed by atoms with Gasteiger partial charge in [0.15, 0.2) is 0 Å². The Labute approximate surface area is 89.8 Å². The summed E-state index contributed by atoms with van der Waals surface area (Å²) in [5.74, 6) is 0.799. The summed E-state index contributed by atoms with van der Waals surface area (Å²) in [6, 6.07) is 0. The molecule has 0 spiro atoms. The summed E-state index contributed by atoms with van der Waals surface area (Å²) in [5.41, 5.74) is 6.26. The summed E-state index contributed by atoms with van der Waals surface area (Å²) < 4.78 is 0. The van der Waals surface area contributed by atoms with Crippen molar-refractivity contribution in [3.05, 3.63) is 10.7 Å². The number of hydrogen-bond acceptors (Lipinski definition) is 3. The third kappa shape index (κ3) is 2.62. The van der Waals surface area contributed by atoms with Crippen LogP contribution < -0.4 is 11.1 Å². The van der Waals surface area contributed by atoms with Crippen molar-refractivity contribution < 1.29 is 0 Å². The van der Waals surface area contributed by atoms with E-state index in [9.17, 15) is 0 Å². The van der Waals surface area contributed by atoms with Gasteiger partial charge in [0.05, 0.1) is 0 Å². The molecule has 1 aliphatic rings. The molecule has 0 amide bonds. The van der Waals surface area contributed by atoms with E-state index in [2.05, 4.69) is 15.2 Å². The van der Waals surface area contributed by atoms with Gasteiger partial charge in [-0.05, 0) is 6.92 Å². The minimum atomic E-state index is 0.564. The third-order valence-corrected chi connectivity index (χ3v) is 2.64. The van der Waals surface area contributed by atoms with Crippen molar-refractivity contribution in [3.8, 4) is 0 Å². The largest absolute Gasteiger partial charge is 0.401 e. The Morgan fingerprint density at radius 1 is 1.43 bits per heavy atom. The average Bonchev–Trinajstić information content (AvgIpc) is 2.20. The first-order valence-electron chi connectivity index (χ1n) is 4.71. The van der Waals surface area contributed by atoms with Crippen LogP contribution in [0.2, 0.25) is 0 Å². The third-order valence-electron chi connectivity index (χ3n) is 2.17. The highest BCUT2D eigenvalue weighted by Crippen LogP contribution is 2.12. The van der Waals surface area contributed by atoms with Crippen LogP contribution in [0.3, 0.4) is 0 Å². The molecular formula is C9H17ClN4. The number of amidine groups is 1. The van der Waals surface area contributed by atoms with E-state index in [4.69, 9.17) is 17.3 Å². The highest BCUT2D eigenvalue weighted by atomic mass is 35.5. The van der Waals surface area contributed by atoms with E-state index in [1.807, 2.05) is 0 Å². The average molecular weight is 217 g/mol. The summed E-state index contributed by atoms with van der Waals surface area (Å²) in [7, 11) is 1.74. The van der Waals surface area contributed by atoms with Gasteiger partial charge >= 0.3 is 0 Å². The Kier molecular flexibility index (Phi) is 4.22. The fourth-order valence-corrected chi connectivity index (χ4v) is 1.64. The molecule has 0 saturated carbocycles. The first-order valence-corrected chi connectivity index (χ1v) is 5.09. The molecule has 0 aliphatic carbocycles. The number of piperazine rings is 1. The highest BCUT2D eigenvalue weighted by molar-refractivity contribution is 6.43. The maximum absolute atomic E-state index is 6.08. The molecule has 3 N–H and O–H groups in total. The van der Waals surface area contributed by atoms with Crippen molar-refractivity contribution in [1.29, 1.82) is 0 Å². The molecule has 1 heterocycles. The van der Waals surface area contributed by atoms with Crippen LogP contribution in [0.15, 0.2) is 15.7 Å². The van der Waals surface area contributed by atoms with E-state index in [0.717, 1.165) is 32.0 Å². The number of rotatable bonds is 1. The lowest BCUT2D eigenvalue weighted by Crippen LogP contribution is -2.46. The molecule has 1 fully saturated rings. The minimum Gasteiger partial charge on any atom is -0.401 e. The molecule has 0 unspecified atom stereocenters. The van der Waals surface area contributed by atoms with Crippen LogP contribution in [-0.4, -0.2) is 44.0 Å². The van der Waals surface area contributed by atoms with Crippen LogP contribution in [-0.2, 0) is 0 Å². The van der Waals surface area contributed by atoms with Gasteiger partial charge in [-0.25, -0.2) is 0 Å². The molecule has 0 aromatic carbocycles. The smallest absolute Gasteiger partial charge is 0.144 e. The number of nitrogens with one attached hydrogen (secondary N) is 1. The second kappa shape index (κ2) is 5.22. The predicted molar refractivity (Wildman–Crippen MR) is 60.5 cm³/mol. The van der Waals surface area contributed by atoms with E-state index in [1.165, 1.54) is 0 Å². The second-order valence-electron chi connectivity index (χ2n) is 3.28. The Morgan fingerprint density at radius 3 is 2.43 bits per heavy atom. The molecule has 80 valence electrons. The number of hydrogen-bond donors (Lipinski definition) is 2. The molecule has 4 nitrogen and oxygen atoms in total. The van der Waals surface area contributed by atoms with Crippen LogP contribution >= 0.6 is 11.6 Å². The van der Waals surface area contributed by atoms with Gasteiger partial charge in [0.1, 0.15) is 10.9 Å². The second-order valence-corrected chi connectivity index (χ2v) is 3.66. The maximum Gasteiger partial charge on any atom is 0.144 e. The van der Waals surface area contributed by atoms with Crippen molar-refractivity contribution in [2.75, 3.05) is 33.2 Å². The fourth-order valence-electron chi connectivity index (χ4n) is 1.43. The first kappa shape index (κ1) is 11.3. The van der Waals surface area contributed by atoms with E-state index in [1.54, 1.807) is 14.0 Å². The first-order chi connectivity index (χ1) is 6.66. The molecule has 14 heavy (non-hydrogen) atoms. The Morgan fingerprint density at radius 2 is 2.00 bits per heavy atom. The van der Waals surface area contributed by atoms with Crippen molar-refractivity contribution in [2.24, 2.45) is 10.7 Å². The normalized spacial score (nSPS) is 20.8. The number of nitrogens with two attached hydrogens (primary N) is 1. The fraction of sp³-hybridized carbons (Fsp3) is 0.667. The quantitative estimate of drug-likeness (QED) is 0.491. The van der Waals surface area contributed by atoms with Crippen LogP contribution in [0.4, 0.5) is 0 Å². The lowest BCUT2D eigenvalue weighted by Gasteiger charge is -2.30. The van der Waals surface area contributed by atoms with Gasteiger partial charge in [-0.3, -0.25) is 4.99 Å². The molecular weight excluding hydrogens is 200 g/mol. The van der Waals surface area contributed by atoms with Gasteiger partial charge in [-0.2, -0.15) is 0 Å². The van der Waals surface area contributed by atoms with Gasteiger partial charge in [0.25, 0.3) is 0 Å². The molecule has 0 radical (unpaired) electrons. The van der Waals surface area contributed by atoms with Crippen LogP contribution in [0.1, 0.15) is 6.92 Å². The lowest BCUT2D eigenvalue weighted by atomic mass is 10.3. The molecule has 0 bridgehead atoms. The summed E-state index contributed by atoms with van der Waals surface area (Å²) >= 11 is 6.08. The van der Waals surface area contributed by atoms with Gasteiger partial charge in [-0.15, -0.1) is 0 Å². The summed E-state index contributed by atoms with van der Waals surface area (Å²) in [6.07, 6.45) is 0. The predicted octanol–water partition coefficient (Wildman–Crippen LogP) is 0.349. The number of aliphatic imine (C=N–C) groups is 1. The lowest BCUT2D eigenvalue weighted by molar-refractivity contribution is 0.358. The Bertz CT molecular complexity index is 250. The number of halogens is 1. The molecule has 0 atom stereocenters. The highest BCUT2D eigenvalue weighted by Gasteiger charge is 2.17. The Balaban J connectivity index is 2.76. The summed E-state index contributed by atoms with van der Waals surface area (Å²) in [6.45, 7) is 5.57. The molecule has 1 aliphatic heterocycles. The zero-order valence-electron chi connectivity index (χ0n) is 8.68. The molecule has 0 aromatic rings. The standard InChI is InChI=1S/C9H17ClN4/c1-7(11)8(10)9(12-2)14-5-3-13-4-6-14/h13H,3-6,11H2,1-2H3. The van der Waals surface area contributed by atoms with Gasteiger partial charge in [-0.1, -0.05) is 11.6 Å². The number of nitrogens with zero attached hydrogens (tertiary/aromatic N) is 2. The summed E-state index contributed by atoms with van der Waals surface area (Å²) in [5, 5.41) is 3.84. The zero-order chi connectivity index (χ0) is 10.6. The van der Waals surface area contributed by atoms with E-state index >= 15 is 0 Å². The van der Waals surface area contributed by atoms with E-state index in [-0.39, 0.29) is 0 Å². The Hall–Kier alpha value is -0.740. The van der Waals surface area contributed by atoms with Crippen LogP contribution in [0, 0.1) is 0 Å². The maximum atomic E-state index is 6.08. The van der Waals surface area contributed by atoms with Gasteiger partial charge in [0, 0.05) is 38.9 Å². The SMILES string of the molecule is CN=C(C(Cl)=C(C)N)N1CCNCC1. The monoisotopic (exact) mass is 216 g/mol. The van der Waals surface area contributed by atoms with Crippen molar-refractivity contribution >= 4 is 17.4 Å². The molecule has 1 rings (SSSR count). The van der Waals surface area contributed by atoms with Crippen LogP contribution in [0.25, 0.3) is 0 Å². The van der Waals surface area contributed by atoms with Gasteiger partial charge < -0.3 is 16.0 Å². The zero-order valence-corrected chi connectivity index (χ0v) is 9.43.